The van der Waals surface area contributed by atoms with Crippen LogP contribution in [0, 0.1) is 5.82 Å². The number of rotatable bonds is 1. The first-order chi connectivity index (χ1) is 10.6. The second-order valence-corrected chi connectivity index (χ2v) is 5.43. The molecular weight excluding hydrogens is 277 g/mol. The van der Waals surface area contributed by atoms with Crippen molar-refractivity contribution < 1.29 is 4.39 Å². The van der Waals surface area contributed by atoms with Gasteiger partial charge in [-0.3, -0.25) is 4.68 Å². The van der Waals surface area contributed by atoms with E-state index in [4.69, 9.17) is 5.73 Å². The highest BCUT2D eigenvalue weighted by atomic mass is 19.1. The van der Waals surface area contributed by atoms with Crippen molar-refractivity contribution in [1.29, 1.82) is 0 Å². The van der Waals surface area contributed by atoms with Crippen LogP contribution < -0.4 is 5.73 Å². The van der Waals surface area contributed by atoms with Crippen LogP contribution in [0.1, 0.15) is 0 Å². The molecule has 4 aromatic rings. The van der Waals surface area contributed by atoms with Crippen LogP contribution in [0.25, 0.3) is 32.9 Å². The lowest BCUT2D eigenvalue weighted by Crippen LogP contribution is -1.93. The second kappa shape index (κ2) is 4.56. The number of anilines is 1. The highest BCUT2D eigenvalue weighted by Gasteiger charge is 2.15. The summed E-state index contributed by atoms with van der Waals surface area (Å²) in [5, 5.41) is 7.51. The monoisotopic (exact) mass is 291 g/mol. The first-order valence-electron chi connectivity index (χ1n) is 7.04. The van der Waals surface area contributed by atoms with Crippen molar-refractivity contribution in [1.82, 2.24) is 9.78 Å². The van der Waals surface area contributed by atoms with Crippen LogP contribution >= 0.6 is 0 Å². The topological polar surface area (TPSA) is 43.8 Å². The van der Waals surface area contributed by atoms with Crippen LogP contribution in [0.4, 0.5) is 10.1 Å². The molecule has 0 fully saturated rings. The molecule has 0 aliphatic carbocycles. The van der Waals surface area contributed by atoms with Crippen molar-refractivity contribution in [2.75, 3.05) is 5.73 Å². The third kappa shape index (κ3) is 1.84. The first kappa shape index (κ1) is 12.8. The van der Waals surface area contributed by atoms with Gasteiger partial charge < -0.3 is 5.73 Å². The van der Waals surface area contributed by atoms with Crippen molar-refractivity contribution in [3.05, 3.63) is 60.4 Å². The number of nitrogens with zero attached hydrogens (tertiary/aromatic N) is 2. The minimum Gasteiger partial charge on any atom is -0.399 e. The van der Waals surface area contributed by atoms with Gasteiger partial charge in [-0.15, -0.1) is 0 Å². The zero-order valence-electron chi connectivity index (χ0n) is 12.0. The summed E-state index contributed by atoms with van der Waals surface area (Å²) in [5.74, 6) is -0.350. The van der Waals surface area contributed by atoms with Gasteiger partial charge in [0.05, 0.1) is 0 Å². The van der Waals surface area contributed by atoms with E-state index >= 15 is 0 Å². The van der Waals surface area contributed by atoms with Gasteiger partial charge in [0, 0.05) is 23.7 Å². The molecule has 3 aromatic carbocycles. The molecular formula is C18H14FN3. The smallest absolute Gasteiger partial charge is 0.151 e. The summed E-state index contributed by atoms with van der Waals surface area (Å²) in [6, 6.07) is 17.3. The fourth-order valence-corrected chi connectivity index (χ4v) is 2.93. The van der Waals surface area contributed by atoms with E-state index in [1.54, 1.807) is 17.8 Å². The molecule has 0 saturated heterocycles. The first-order valence-corrected chi connectivity index (χ1v) is 7.04. The van der Waals surface area contributed by atoms with Crippen molar-refractivity contribution >= 4 is 27.4 Å². The van der Waals surface area contributed by atoms with E-state index in [0.29, 0.717) is 11.2 Å². The van der Waals surface area contributed by atoms with E-state index in [2.05, 4.69) is 23.3 Å². The van der Waals surface area contributed by atoms with E-state index in [1.807, 2.05) is 24.3 Å². The standard InChI is InChI=1S/C18H14FN3/c1-22-18-15(9-14(20)10-16(18)19)17(21-22)13-7-6-11-4-2-3-5-12(11)8-13/h2-10H,20H2,1H3. The number of aryl methyl sites for hydroxylation is 1. The van der Waals surface area contributed by atoms with Crippen LogP contribution in [-0.4, -0.2) is 9.78 Å². The molecule has 0 aliphatic rings. The second-order valence-electron chi connectivity index (χ2n) is 5.43. The highest BCUT2D eigenvalue weighted by Crippen LogP contribution is 2.32. The van der Waals surface area contributed by atoms with Crippen LogP contribution in [0.2, 0.25) is 0 Å². The zero-order valence-corrected chi connectivity index (χ0v) is 12.0. The fourth-order valence-electron chi connectivity index (χ4n) is 2.93. The summed E-state index contributed by atoms with van der Waals surface area (Å²) >= 11 is 0. The molecule has 0 saturated carbocycles. The Balaban J connectivity index is 2.03. The Labute approximate surface area is 126 Å². The average molecular weight is 291 g/mol. The molecule has 0 atom stereocenters. The quantitative estimate of drug-likeness (QED) is 0.536. The molecule has 1 aromatic heterocycles. The van der Waals surface area contributed by atoms with Gasteiger partial charge in [-0.25, -0.2) is 4.39 Å². The van der Waals surface area contributed by atoms with Crippen LogP contribution in [-0.2, 0) is 7.05 Å². The number of benzene rings is 3. The van der Waals surface area contributed by atoms with E-state index in [0.717, 1.165) is 27.4 Å². The molecule has 0 amide bonds. The summed E-state index contributed by atoms with van der Waals surface area (Å²) in [6.45, 7) is 0. The van der Waals surface area contributed by atoms with Gasteiger partial charge in [-0.05, 0) is 29.0 Å². The molecule has 3 nitrogen and oxygen atoms in total. The summed E-state index contributed by atoms with van der Waals surface area (Å²) < 4.78 is 15.7. The molecule has 0 radical (unpaired) electrons. The molecule has 0 spiro atoms. The molecule has 22 heavy (non-hydrogen) atoms. The molecule has 0 unspecified atom stereocenters. The Morgan fingerprint density at radius 2 is 1.77 bits per heavy atom. The number of nitrogens with two attached hydrogens (primary N) is 1. The van der Waals surface area contributed by atoms with Gasteiger partial charge in [-0.1, -0.05) is 36.4 Å². The highest BCUT2D eigenvalue weighted by molar-refractivity contribution is 5.97. The maximum absolute atomic E-state index is 14.1. The van der Waals surface area contributed by atoms with Crippen LogP contribution in [0.3, 0.4) is 0 Å². The molecule has 0 bridgehead atoms. The Morgan fingerprint density at radius 3 is 2.59 bits per heavy atom. The zero-order chi connectivity index (χ0) is 15.3. The Kier molecular flexibility index (Phi) is 2.66. The SMILES string of the molecule is Cn1nc(-c2ccc3ccccc3c2)c2cc(N)cc(F)c21. The fraction of sp³-hybridized carbons (Fsp3) is 0.0556. The third-order valence-corrected chi connectivity index (χ3v) is 3.94. The number of halogens is 1. The normalized spacial score (nSPS) is 11.4. The van der Waals surface area contributed by atoms with Crippen molar-refractivity contribution in [3.8, 4) is 11.3 Å². The maximum Gasteiger partial charge on any atom is 0.151 e. The van der Waals surface area contributed by atoms with E-state index in [9.17, 15) is 4.39 Å². The third-order valence-electron chi connectivity index (χ3n) is 3.94. The number of nitrogen functional groups attached to an aromatic ring is 1. The summed E-state index contributed by atoms with van der Waals surface area (Å²) in [6.07, 6.45) is 0. The molecule has 0 aliphatic heterocycles. The Morgan fingerprint density at radius 1 is 1.00 bits per heavy atom. The Bertz CT molecular complexity index is 1020. The molecule has 4 rings (SSSR count). The van der Waals surface area contributed by atoms with Crippen molar-refractivity contribution in [3.63, 3.8) is 0 Å². The average Bonchev–Trinajstić information content (AvgIpc) is 2.83. The number of aromatic nitrogens is 2. The van der Waals surface area contributed by atoms with Crippen molar-refractivity contribution in [2.45, 2.75) is 0 Å². The largest absolute Gasteiger partial charge is 0.399 e. The van der Waals surface area contributed by atoms with Crippen LogP contribution in [0.15, 0.2) is 54.6 Å². The lowest BCUT2D eigenvalue weighted by atomic mass is 10.0. The van der Waals surface area contributed by atoms with Gasteiger partial charge in [0.2, 0.25) is 0 Å². The molecule has 4 heteroatoms. The van der Waals surface area contributed by atoms with E-state index < -0.39 is 0 Å². The maximum atomic E-state index is 14.1. The van der Waals surface area contributed by atoms with Gasteiger partial charge >= 0.3 is 0 Å². The predicted molar refractivity (Wildman–Crippen MR) is 88.0 cm³/mol. The molecule has 2 N–H and O–H groups in total. The van der Waals surface area contributed by atoms with Gasteiger partial charge in [-0.2, -0.15) is 5.10 Å². The minimum atomic E-state index is -0.350. The summed E-state index contributed by atoms with van der Waals surface area (Å²) in [4.78, 5) is 0. The Hall–Kier alpha value is -2.88. The number of hydrogen-bond donors (Lipinski definition) is 1. The lowest BCUT2D eigenvalue weighted by Gasteiger charge is -2.02. The lowest BCUT2D eigenvalue weighted by molar-refractivity contribution is 0.626. The van der Waals surface area contributed by atoms with Crippen LogP contribution in [0.5, 0.6) is 0 Å². The van der Waals surface area contributed by atoms with E-state index in [-0.39, 0.29) is 5.82 Å². The van der Waals surface area contributed by atoms with E-state index in [1.165, 1.54) is 6.07 Å². The van der Waals surface area contributed by atoms with Gasteiger partial charge in [0.1, 0.15) is 11.2 Å². The van der Waals surface area contributed by atoms with Gasteiger partial charge in [0.15, 0.2) is 5.82 Å². The summed E-state index contributed by atoms with van der Waals surface area (Å²) in [7, 11) is 1.74. The van der Waals surface area contributed by atoms with Crippen molar-refractivity contribution in [2.24, 2.45) is 7.05 Å². The predicted octanol–water partition coefficient (Wildman–Crippen LogP) is 4.11. The minimum absolute atomic E-state index is 0.350. The number of hydrogen-bond acceptors (Lipinski definition) is 2. The number of fused-ring (bicyclic) bond motifs is 2. The molecule has 108 valence electrons. The summed E-state index contributed by atoms with van der Waals surface area (Å²) in [5.41, 5.74) is 8.36. The molecule has 1 heterocycles. The van der Waals surface area contributed by atoms with Gasteiger partial charge in [0.25, 0.3) is 0 Å².